The normalized spacial score (nSPS) is 11.0. The highest BCUT2D eigenvalue weighted by molar-refractivity contribution is 7.99. The van der Waals surface area contributed by atoms with E-state index in [-0.39, 0.29) is 17.5 Å². The Hall–Kier alpha value is -4.32. The van der Waals surface area contributed by atoms with Crippen LogP contribution in [0, 0.1) is 5.82 Å². The van der Waals surface area contributed by atoms with Gasteiger partial charge in [-0.15, -0.1) is 10.2 Å². The molecule has 4 rings (SSSR count). The zero-order valence-corrected chi connectivity index (χ0v) is 20.4. The molecule has 0 aliphatic rings. The maximum atomic E-state index is 13.5. The first-order chi connectivity index (χ1) is 17.5. The molecule has 0 spiro atoms. The van der Waals surface area contributed by atoms with Crippen LogP contribution in [0.2, 0.25) is 0 Å². The summed E-state index contributed by atoms with van der Waals surface area (Å²) in [5, 5.41) is 12.8. The van der Waals surface area contributed by atoms with Gasteiger partial charge >= 0.3 is 0 Å². The number of nitrogens with one attached hydrogen (secondary N) is 1. The molecule has 12 heteroatoms. The standard InChI is InChI=1S/C24H22FN5O5S/c1-32-19-11-15(12-20(33-2)22(19)34-3)13-26-27-21(31)14-36-24-29-28-23(18-5-4-10-35-18)30(24)17-8-6-16(25)7-9-17/h4-13H,14H2,1-3H3,(H,27,31)/b26-13+. The minimum atomic E-state index is -0.370. The molecule has 1 N–H and O–H groups in total. The van der Waals surface area contributed by atoms with Gasteiger partial charge in [-0.1, -0.05) is 11.8 Å². The lowest BCUT2D eigenvalue weighted by atomic mass is 10.2. The molecule has 4 aromatic rings. The van der Waals surface area contributed by atoms with Crippen molar-refractivity contribution in [2.24, 2.45) is 5.10 Å². The van der Waals surface area contributed by atoms with E-state index in [0.29, 0.717) is 45.2 Å². The quantitative estimate of drug-likeness (QED) is 0.194. The van der Waals surface area contributed by atoms with Crippen molar-refractivity contribution in [3.05, 3.63) is 66.2 Å². The molecule has 0 unspecified atom stereocenters. The summed E-state index contributed by atoms with van der Waals surface area (Å²) in [6, 6.07) is 12.7. The summed E-state index contributed by atoms with van der Waals surface area (Å²) in [6.07, 6.45) is 2.98. The van der Waals surface area contributed by atoms with Crippen LogP contribution in [0.4, 0.5) is 4.39 Å². The Kier molecular flexibility index (Phi) is 7.85. The van der Waals surface area contributed by atoms with Gasteiger partial charge in [0.1, 0.15) is 5.82 Å². The first-order valence-electron chi connectivity index (χ1n) is 10.5. The molecule has 186 valence electrons. The molecule has 1 amide bonds. The van der Waals surface area contributed by atoms with Gasteiger partial charge in [0.15, 0.2) is 22.4 Å². The van der Waals surface area contributed by atoms with Crippen molar-refractivity contribution in [3.8, 4) is 34.5 Å². The summed E-state index contributed by atoms with van der Waals surface area (Å²) in [4.78, 5) is 12.4. The SMILES string of the molecule is COc1cc(/C=N/NC(=O)CSc2nnc(-c3ccco3)n2-c2ccc(F)cc2)cc(OC)c1OC. The zero-order chi connectivity index (χ0) is 25.5. The molecule has 2 heterocycles. The van der Waals surface area contributed by atoms with Crippen LogP contribution >= 0.6 is 11.8 Å². The van der Waals surface area contributed by atoms with E-state index in [2.05, 4.69) is 20.7 Å². The van der Waals surface area contributed by atoms with Crippen molar-refractivity contribution >= 4 is 23.9 Å². The third-order valence-electron chi connectivity index (χ3n) is 4.88. The molecule has 0 aliphatic carbocycles. The molecule has 0 radical (unpaired) electrons. The van der Waals surface area contributed by atoms with Crippen molar-refractivity contribution in [1.82, 2.24) is 20.2 Å². The summed E-state index contributed by atoms with van der Waals surface area (Å²) in [5.41, 5.74) is 3.73. The number of thioether (sulfide) groups is 1. The number of benzene rings is 2. The number of carbonyl (C=O) groups is 1. The van der Waals surface area contributed by atoms with Gasteiger partial charge < -0.3 is 18.6 Å². The van der Waals surface area contributed by atoms with Crippen LogP contribution in [0.1, 0.15) is 5.56 Å². The molecule has 10 nitrogen and oxygen atoms in total. The van der Waals surface area contributed by atoms with Crippen molar-refractivity contribution in [3.63, 3.8) is 0 Å². The molecular formula is C24H22FN5O5S. The summed E-state index contributed by atoms with van der Waals surface area (Å²) >= 11 is 1.15. The number of carbonyl (C=O) groups excluding carboxylic acids is 1. The number of methoxy groups -OCH3 is 3. The number of aromatic nitrogens is 3. The summed E-state index contributed by atoms with van der Waals surface area (Å²) in [7, 11) is 4.54. The number of hydrogen-bond acceptors (Lipinski definition) is 9. The monoisotopic (exact) mass is 511 g/mol. The van der Waals surface area contributed by atoms with E-state index in [9.17, 15) is 9.18 Å². The van der Waals surface area contributed by atoms with E-state index in [4.69, 9.17) is 18.6 Å². The lowest BCUT2D eigenvalue weighted by molar-refractivity contribution is -0.118. The van der Waals surface area contributed by atoms with Crippen molar-refractivity contribution in [1.29, 1.82) is 0 Å². The van der Waals surface area contributed by atoms with E-state index < -0.39 is 0 Å². The van der Waals surface area contributed by atoms with Gasteiger partial charge in [0.2, 0.25) is 11.6 Å². The number of amides is 1. The van der Waals surface area contributed by atoms with E-state index in [1.54, 1.807) is 41.0 Å². The largest absolute Gasteiger partial charge is 0.493 e. The number of ether oxygens (including phenoxy) is 3. The average Bonchev–Trinajstić information content (AvgIpc) is 3.57. The van der Waals surface area contributed by atoms with Gasteiger partial charge in [-0.05, 0) is 48.5 Å². The molecule has 0 fully saturated rings. The Balaban J connectivity index is 1.46. The van der Waals surface area contributed by atoms with Crippen LogP contribution in [0.25, 0.3) is 17.3 Å². The fourth-order valence-corrected chi connectivity index (χ4v) is 4.01. The number of halogens is 1. The second-order valence-corrected chi connectivity index (χ2v) is 8.08. The minimum Gasteiger partial charge on any atom is -0.493 e. The number of nitrogens with zero attached hydrogens (tertiary/aromatic N) is 4. The highest BCUT2D eigenvalue weighted by Gasteiger charge is 2.19. The van der Waals surface area contributed by atoms with Crippen LogP contribution in [-0.2, 0) is 4.79 Å². The van der Waals surface area contributed by atoms with Crippen molar-refractivity contribution < 1.29 is 27.8 Å². The average molecular weight is 512 g/mol. The topological polar surface area (TPSA) is 113 Å². The van der Waals surface area contributed by atoms with E-state index in [0.717, 1.165) is 11.8 Å². The van der Waals surface area contributed by atoms with Crippen LogP contribution < -0.4 is 19.6 Å². The Bertz CT molecular complexity index is 1330. The molecule has 0 saturated heterocycles. The predicted molar refractivity (Wildman–Crippen MR) is 132 cm³/mol. The van der Waals surface area contributed by atoms with Gasteiger partial charge in [0, 0.05) is 5.56 Å². The Morgan fingerprint density at radius 1 is 1.11 bits per heavy atom. The number of hydrazone groups is 1. The van der Waals surface area contributed by atoms with Gasteiger partial charge in [0.05, 0.1) is 45.2 Å². The lowest BCUT2D eigenvalue weighted by Crippen LogP contribution is -2.20. The van der Waals surface area contributed by atoms with Gasteiger partial charge in [0.25, 0.3) is 5.91 Å². The lowest BCUT2D eigenvalue weighted by Gasteiger charge is -2.12. The van der Waals surface area contributed by atoms with Crippen LogP contribution in [-0.4, -0.2) is 54.0 Å². The third-order valence-corrected chi connectivity index (χ3v) is 5.81. The Morgan fingerprint density at radius 3 is 2.44 bits per heavy atom. The van der Waals surface area contributed by atoms with E-state index >= 15 is 0 Å². The maximum Gasteiger partial charge on any atom is 0.250 e. The Labute approximate surface area is 210 Å². The molecule has 0 atom stereocenters. The van der Waals surface area contributed by atoms with E-state index in [1.165, 1.54) is 45.9 Å². The van der Waals surface area contributed by atoms with Crippen molar-refractivity contribution in [2.45, 2.75) is 5.16 Å². The highest BCUT2D eigenvalue weighted by atomic mass is 32.2. The Morgan fingerprint density at radius 2 is 1.83 bits per heavy atom. The molecular weight excluding hydrogens is 489 g/mol. The zero-order valence-electron chi connectivity index (χ0n) is 19.6. The van der Waals surface area contributed by atoms with Gasteiger partial charge in [-0.25, -0.2) is 9.82 Å². The summed E-state index contributed by atoms with van der Waals surface area (Å²) in [6.45, 7) is 0. The van der Waals surface area contributed by atoms with Crippen LogP contribution in [0.5, 0.6) is 17.2 Å². The summed E-state index contributed by atoms with van der Waals surface area (Å²) in [5.74, 6) is 1.57. The molecule has 2 aromatic carbocycles. The predicted octanol–water partition coefficient (Wildman–Crippen LogP) is 3.93. The molecule has 36 heavy (non-hydrogen) atoms. The summed E-state index contributed by atoms with van der Waals surface area (Å²) < 4.78 is 36.5. The first kappa shape index (κ1) is 24.8. The maximum absolute atomic E-state index is 13.5. The fraction of sp³-hybridized carbons (Fsp3) is 0.167. The highest BCUT2D eigenvalue weighted by Crippen LogP contribution is 2.37. The molecule has 0 saturated carbocycles. The van der Waals surface area contributed by atoms with Crippen molar-refractivity contribution in [2.75, 3.05) is 27.1 Å². The third kappa shape index (κ3) is 5.49. The fourth-order valence-electron chi connectivity index (χ4n) is 3.27. The van der Waals surface area contributed by atoms with Crippen LogP contribution in [0.3, 0.4) is 0 Å². The first-order valence-corrected chi connectivity index (χ1v) is 11.5. The second-order valence-electron chi connectivity index (χ2n) is 7.14. The number of furan rings is 1. The molecule has 0 aliphatic heterocycles. The van der Waals surface area contributed by atoms with Crippen LogP contribution in [0.15, 0.2) is 69.5 Å². The minimum absolute atomic E-state index is 0.00405. The van der Waals surface area contributed by atoms with E-state index in [1.807, 2.05) is 0 Å². The smallest absolute Gasteiger partial charge is 0.250 e. The van der Waals surface area contributed by atoms with Gasteiger partial charge in [-0.3, -0.25) is 9.36 Å². The molecule has 0 bridgehead atoms. The second kappa shape index (κ2) is 11.4. The number of hydrogen-bond donors (Lipinski definition) is 1. The van der Waals surface area contributed by atoms with Gasteiger partial charge in [-0.2, -0.15) is 5.10 Å². The number of rotatable bonds is 10. The molecule has 2 aromatic heterocycles.